The number of thioether (sulfide) groups is 1. The second-order valence-electron chi connectivity index (χ2n) is 5.30. The van der Waals surface area contributed by atoms with Gasteiger partial charge in [-0.05, 0) is 25.5 Å². The zero-order valence-corrected chi connectivity index (χ0v) is 16.0. The number of aromatic nitrogens is 1. The van der Waals surface area contributed by atoms with E-state index in [-0.39, 0.29) is 11.8 Å². The second-order valence-corrected chi connectivity index (χ2v) is 7.55. The van der Waals surface area contributed by atoms with Gasteiger partial charge in [0.25, 0.3) is 0 Å². The monoisotopic (exact) mass is 386 g/mol. The van der Waals surface area contributed by atoms with E-state index in [4.69, 9.17) is 5.26 Å². The highest BCUT2D eigenvalue weighted by atomic mass is 32.2. The average molecular weight is 387 g/mol. The fraction of sp³-hybridized carbons (Fsp3) is 0.222. The molecule has 2 aromatic rings. The molecule has 0 aliphatic rings. The average Bonchev–Trinajstić information content (AvgIpc) is 2.98. The quantitative estimate of drug-likeness (QED) is 0.563. The third-order valence-corrected chi connectivity index (χ3v) is 5.53. The molecule has 6 nitrogen and oxygen atoms in total. The highest BCUT2D eigenvalue weighted by molar-refractivity contribution is 8.01. The summed E-state index contributed by atoms with van der Waals surface area (Å²) < 4.78 is 0.893. The second kappa shape index (κ2) is 9.75. The Balaban J connectivity index is 1.88. The van der Waals surface area contributed by atoms with Crippen LogP contribution in [-0.4, -0.2) is 28.6 Å². The van der Waals surface area contributed by atoms with E-state index in [1.165, 1.54) is 29.2 Å². The molecule has 1 aromatic carbocycles. The molecule has 0 radical (unpaired) electrons. The number of hydrogen-bond donors (Lipinski definition) is 2. The minimum Gasteiger partial charge on any atom is -0.341 e. The van der Waals surface area contributed by atoms with Crippen molar-refractivity contribution in [2.75, 3.05) is 11.1 Å². The molecule has 0 saturated carbocycles. The van der Waals surface area contributed by atoms with E-state index in [2.05, 4.69) is 21.7 Å². The van der Waals surface area contributed by atoms with Gasteiger partial charge in [-0.25, -0.2) is 4.98 Å². The van der Waals surface area contributed by atoms with Crippen LogP contribution in [0.4, 0.5) is 5.13 Å². The van der Waals surface area contributed by atoms with Crippen LogP contribution in [0.5, 0.6) is 0 Å². The van der Waals surface area contributed by atoms with Gasteiger partial charge in [-0.15, -0.1) is 0 Å². The summed E-state index contributed by atoms with van der Waals surface area (Å²) in [5, 5.41) is 14.4. The summed E-state index contributed by atoms with van der Waals surface area (Å²) in [6.07, 6.45) is 3.08. The van der Waals surface area contributed by atoms with Gasteiger partial charge < -0.3 is 10.6 Å². The SMILES string of the molecule is Cc1nc(NC(=O)C(C)NC(=O)/C=C/c2ccccc2)sc1SCC#N. The van der Waals surface area contributed by atoms with Crippen LogP contribution < -0.4 is 10.6 Å². The normalized spacial score (nSPS) is 11.7. The summed E-state index contributed by atoms with van der Waals surface area (Å²) >= 11 is 2.70. The Kier molecular flexibility index (Phi) is 7.38. The third kappa shape index (κ3) is 6.02. The first-order valence-electron chi connectivity index (χ1n) is 7.81. The molecule has 0 aliphatic carbocycles. The van der Waals surface area contributed by atoms with Gasteiger partial charge in [-0.2, -0.15) is 5.26 Å². The molecule has 2 rings (SSSR count). The fourth-order valence-corrected chi connectivity index (χ4v) is 3.75. The molecule has 2 N–H and O–H groups in total. The molecule has 0 spiro atoms. The van der Waals surface area contributed by atoms with Gasteiger partial charge in [0.05, 0.1) is 21.7 Å². The van der Waals surface area contributed by atoms with E-state index in [0.717, 1.165) is 15.5 Å². The first kappa shape index (κ1) is 19.7. The first-order valence-corrected chi connectivity index (χ1v) is 9.61. The van der Waals surface area contributed by atoms with Crippen molar-refractivity contribution in [3.8, 4) is 6.07 Å². The zero-order chi connectivity index (χ0) is 18.9. The van der Waals surface area contributed by atoms with Crippen molar-refractivity contribution in [2.24, 2.45) is 0 Å². The van der Waals surface area contributed by atoms with E-state index >= 15 is 0 Å². The van der Waals surface area contributed by atoms with Gasteiger partial charge in [0.1, 0.15) is 6.04 Å². The van der Waals surface area contributed by atoms with Crippen molar-refractivity contribution >= 4 is 46.1 Å². The van der Waals surface area contributed by atoms with E-state index in [9.17, 15) is 9.59 Å². The van der Waals surface area contributed by atoms with Crippen LogP contribution in [0, 0.1) is 18.3 Å². The summed E-state index contributed by atoms with van der Waals surface area (Å²) in [5.41, 5.74) is 1.67. The smallest absolute Gasteiger partial charge is 0.248 e. The maximum atomic E-state index is 12.2. The van der Waals surface area contributed by atoms with Crippen molar-refractivity contribution in [2.45, 2.75) is 24.1 Å². The van der Waals surface area contributed by atoms with Crippen molar-refractivity contribution in [1.82, 2.24) is 10.3 Å². The molecule has 134 valence electrons. The predicted octanol–water partition coefficient (Wildman–Crippen LogP) is 3.22. The zero-order valence-electron chi connectivity index (χ0n) is 14.4. The van der Waals surface area contributed by atoms with Gasteiger partial charge in [-0.1, -0.05) is 53.4 Å². The Morgan fingerprint density at radius 2 is 2.12 bits per heavy atom. The number of thiazole rings is 1. The van der Waals surface area contributed by atoms with Gasteiger partial charge >= 0.3 is 0 Å². The van der Waals surface area contributed by atoms with Gasteiger partial charge in [0.15, 0.2) is 5.13 Å². The number of nitrogens with zero attached hydrogens (tertiary/aromatic N) is 2. The molecule has 1 heterocycles. The summed E-state index contributed by atoms with van der Waals surface area (Å²) in [6.45, 7) is 3.43. The molecule has 0 bridgehead atoms. The number of anilines is 1. The van der Waals surface area contributed by atoms with E-state index in [1.807, 2.05) is 37.3 Å². The summed E-state index contributed by atoms with van der Waals surface area (Å²) in [5.74, 6) is -0.370. The lowest BCUT2D eigenvalue weighted by Gasteiger charge is -2.11. The van der Waals surface area contributed by atoms with Crippen LogP contribution in [0.1, 0.15) is 18.2 Å². The van der Waals surface area contributed by atoms with Crippen LogP contribution in [0.3, 0.4) is 0 Å². The number of aryl methyl sites for hydroxylation is 1. The molecule has 2 amide bonds. The Morgan fingerprint density at radius 1 is 1.38 bits per heavy atom. The summed E-state index contributed by atoms with van der Waals surface area (Å²) in [7, 11) is 0. The number of benzene rings is 1. The molecule has 1 aromatic heterocycles. The number of rotatable bonds is 7. The van der Waals surface area contributed by atoms with E-state index < -0.39 is 6.04 Å². The molecule has 0 aliphatic heterocycles. The Bertz CT molecular complexity index is 841. The lowest BCUT2D eigenvalue weighted by molar-refractivity contribution is -0.123. The maximum absolute atomic E-state index is 12.2. The summed E-state index contributed by atoms with van der Waals surface area (Å²) in [4.78, 5) is 28.4. The van der Waals surface area contributed by atoms with Crippen molar-refractivity contribution in [1.29, 1.82) is 5.26 Å². The van der Waals surface area contributed by atoms with Crippen LogP contribution >= 0.6 is 23.1 Å². The lowest BCUT2D eigenvalue weighted by atomic mass is 10.2. The van der Waals surface area contributed by atoms with Gasteiger partial charge in [0, 0.05) is 6.08 Å². The Labute approximate surface area is 160 Å². The van der Waals surface area contributed by atoms with Gasteiger partial charge in [-0.3, -0.25) is 9.59 Å². The molecule has 0 saturated heterocycles. The minimum atomic E-state index is -0.706. The van der Waals surface area contributed by atoms with Gasteiger partial charge in [0.2, 0.25) is 11.8 Å². The molecule has 1 unspecified atom stereocenters. The van der Waals surface area contributed by atoms with Crippen LogP contribution in [0.25, 0.3) is 6.08 Å². The lowest BCUT2D eigenvalue weighted by Crippen LogP contribution is -2.40. The number of carbonyl (C=O) groups excluding carboxylic acids is 2. The predicted molar refractivity (Wildman–Crippen MR) is 105 cm³/mol. The molecule has 26 heavy (non-hydrogen) atoms. The fourth-order valence-electron chi connectivity index (χ4n) is 1.94. The molecular weight excluding hydrogens is 368 g/mol. The number of amides is 2. The number of carbonyl (C=O) groups is 2. The first-order chi connectivity index (χ1) is 12.5. The maximum Gasteiger partial charge on any atom is 0.248 e. The summed E-state index contributed by atoms with van der Waals surface area (Å²) in [6, 6.07) is 10.8. The van der Waals surface area contributed by atoms with Crippen LogP contribution in [0.2, 0.25) is 0 Å². The largest absolute Gasteiger partial charge is 0.341 e. The number of nitrogens with one attached hydrogen (secondary N) is 2. The molecule has 8 heteroatoms. The van der Waals surface area contributed by atoms with Crippen LogP contribution in [-0.2, 0) is 9.59 Å². The van der Waals surface area contributed by atoms with Crippen molar-refractivity contribution < 1.29 is 9.59 Å². The standard InChI is InChI=1S/C18H18N4O2S2/c1-12(20-15(23)9-8-14-6-4-3-5-7-14)16(24)22-18-21-13(2)17(26-18)25-11-10-19/h3-9,12H,11H2,1-2H3,(H,20,23)(H,21,22,24)/b9-8+. The third-order valence-electron chi connectivity index (χ3n) is 3.23. The Morgan fingerprint density at radius 3 is 2.81 bits per heavy atom. The number of hydrogen-bond acceptors (Lipinski definition) is 6. The Hall–Kier alpha value is -2.63. The van der Waals surface area contributed by atoms with Crippen LogP contribution in [0.15, 0.2) is 40.6 Å². The van der Waals surface area contributed by atoms with Crippen molar-refractivity contribution in [3.63, 3.8) is 0 Å². The van der Waals surface area contributed by atoms with Crippen molar-refractivity contribution in [3.05, 3.63) is 47.7 Å². The highest BCUT2D eigenvalue weighted by Crippen LogP contribution is 2.31. The molecular formula is C18H18N4O2S2. The number of nitriles is 1. The topological polar surface area (TPSA) is 94.9 Å². The van der Waals surface area contributed by atoms with E-state index in [0.29, 0.717) is 10.9 Å². The molecule has 0 fully saturated rings. The highest BCUT2D eigenvalue weighted by Gasteiger charge is 2.17. The minimum absolute atomic E-state index is 0.330. The van der Waals surface area contributed by atoms with E-state index in [1.54, 1.807) is 13.0 Å². The molecule has 1 atom stereocenters.